The van der Waals surface area contributed by atoms with Crippen molar-refractivity contribution >= 4 is 27.9 Å². The average Bonchev–Trinajstić information content (AvgIpc) is 2.60. The highest BCUT2D eigenvalue weighted by molar-refractivity contribution is 9.10. The molecule has 2 unspecified atom stereocenters. The molecule has 4 N–H and O–H groups in total. The van der Waals surface area contributed by atoms with Gasteiger partial charge in [-0.15, -0.1) is 0 Å². The first-order chi connectivity index (χ1) is 12.0. The third-order valence-corrected chi connectivity index (χ3v) is 4.48. The fourth-order valence-electron chi connectivity index (χ4n) is 2.54. The van der Waals surface area contributed by atoms with Crippen LogP contribution >= 0.6 is 15.9 Å². The smallest absolute Gasteiger partial charge is 0.312 e. The van der Waals surface area contributed by atoms with Crippen molar-refractivity contribution in [2.24, 2.45) is 5.73 Å². The molecule has 0 heterocycles. The van der Waals surface area contributed by atoms with Crippen LogP contribution in [0.15, 0.2) is 59.1 Å². The molecule has 3 amide bonds. The molecule has 2 aromatic carbocycles. The second-order valence-electron chi connectivity index (χ2n) is 5.93. The SMILES string of the molecule is CC(CNC(=O)CC(NC(N)=O)c1ccc(Br)cc1)c1ccccc1. The minimum absolute atomic E-state index is 0.131. The Labute approximate surface area is 156 Å². The van der Waals surface area contributed by atoms with Gasteiger partial charge >= 0.3 is 6.03 Å². The molecule has 0 spiro atoms. The summed E-state index contributed by atoms with van der Waals surface area (Å²) in [5.41, 5.74) is 7.24. The number of nitrogens with two attached hydrogens (primary N) is 1. The first kappa shape index (κ1) is 19.0. The highest BCUT2D eigenvalue weighted by Gasteiger charge is 2.18. The van der Waals surface area contributed by atoms with Gasteiger partial charge in [0.25, 0.3) is 0 Å². The molecule has 5 nitrogen and oxygen atoms in total. The van der Waals surface area contributed by atoms with Crippen molar-refractivity contribution in [2.45, 2.75) is 25.3 Å². The van der Waals surface area contributed by atoms with Crippen LogP contribution in [0, 0.1) is 0 Å². The molecular weight excluding hydrogens is 382 g/mol. The van der Waals surface area contributed by atoms with Gasteiger partial charge in [0, 0.05) is 11.0 Å². The Kier molecular flexibility index (Phi) is 7.01. The van der Waals surface area contributed by atoms with E-state index in [1.807, 2.05) is 54.6 Å². The molecule has 2 rings (SSSR count). The van der Waals surface area contributed by atoms with Gasteiger partial charge in [-0.2, -0.15) is 0 Å². The average molecular weight is 404 g/mol. The van der Waals surface area contributed by atoms with E-state index in [0.29, 0.717) is 6.54 Å². The minimum atomic E-state index is -0.654. The predicted molar refractivity (Wildman–Crippen MR) is 102 cm³/mol. The van der Waals surface area contributed by atoms with Crippen molar-refractivity contribution in [1.82, 2.24) is 10.6 Å². The van der Waals surface area contributed by atoms with Crippen LogP contribution in [-0.2, 0) is 4.79 Å². The number of carbonyl (C=O) groups is 2. The molecule has 2 aromatic rings. The zero-order valence-corrected chi connectivity index (χ0v) is 15.6. The van der Waals surface area contributed by atoms with Gasteiger partial charge in [-0.25, -0.2) is 4.79 Å². The molecule has 0 aliphatic carbocycles. The summed E-state index contributed by atoms with van der Waals surface area (Å²) in [5, 5.41) is 5.55. The van der Waals surface area contributed by atoms with Gasteiger partial charge in [-0.3, -0.25) is 4.79 Å². The number of urea groups is 1. The predicted octanol–water partition coefficient (Wildman–Crippen LogP) is 3.47. The fraction of sp³-hybridized carbons (Fsp3) is 0.263. The lowest BCUT2D eigenvalue weighted by atomic mass is 10.0. The maximum absolute atomic E-state index is 12.3. The lowest BCUT2D eigenvalue weighted by Crippen LogP contribution is -2.37. The van der Waals surface area contributed by atoms with Crippen molar-refractivity contribution in [2.75, 3.05) is 6.54 Å². The standard InChI is InChI=1S/C19H22BrN3O2/c1-13(14-5-3-2-4-6-14)12-22-18(24)11-17(23-19(21)25)15-7-9-16(20)10-8-15/h2-10,13,17H,11-12H2,1H3,(H,22,24)(H3,21,23,25). The maximum atomic E-state index is 12.3. The molecule has 0 saturated carbocycles. The first-order valence-electron chi connectivity index (χ1n) is 8.08. The molecule has 0 fully saturated rings. The van der Waals surface area contributed by atoms with Gasteiger partial charge in [-0.1, -0.05) is 65.3 Å². The summed E-state index contributed by atoms with van der Waals surface area (Å²) in [6, 6.07) is 16.3. The van der Waals surface area contributed by atoms with E-state index < -0.39 is 12.1 Å². The number of amides is 3. The first-order valence-corrected chi connectivity index (χ1v) is 8.88. The Bertz CT molecular complexity index is 704. The zero-order valence-electron chi connectivity index (χ0n) is 14.0. The lowest BCUT2D eigenvalue weighted by molar-refractivity contribution is -0.121. The van der Waals surface area contributed by atoms with E-state index in [1.54, 1.807) is 0 Å². The monoisotopic (exact) mass is 403 g/mol. The number of hydrogen-bond donors (Lipinski definition) is 3. The Hall–Kier alpha value is -2.34. The quantitative estimate of drug-likeness (QED) is 0.660. The lowest BCUT2D eigenvalue weighted by Gasteiger charge is -2.19. The molecule has 132 valence electrons. The number of rotatable bonds is 7. The van der Waals surface area contributed by atoms with Crippen molar-refractivity contribution in [3.05, 3.63) is 70.2 Å². The Morgan fingerprint density at radius 1 is 1.04 bits per heavy atom. The van der Waals surface area contributed by atoms with Crippen molar-refractivity contribution in [3.8, 4) is 0 Å². The Morgan fingerprint density at radius 3 is 2.28 bits per heavy atom. The third kappa shape index (κ3) is 6.23. The largest absolute Gasteiger partial charge is 0.355 e. The normalized spacial score (nSPS) is 12.9. The van der Waals surface area contributed by atoms with Gasteiger partial charge < -0.3 is 16.4 Å². The molecule has 0 aliphatic heterocycles. The molecule has 0 aromatic heterocycles. The number of halogens is 1. The molecular formula is C19H22BrN3O2. The minimum Gasteiger partial charge on any atom is -0.355 e. The van der Waals surface area contributed by atoms with Crippen LogP contribution in [-0.4, -0.2) is 18.5 Å². The summed E-state index contributed by atoms with van der Waals surface area (Å²) in [6.07, 6.45) is 0.131. The number of benzene rings is 2. The Balaban J connectivity index is 1.94. The van der Waals surface area contributed by atoms with E-state index in [4.69, 9.17) is 5.73 Å². The summed E-state index contributed by atoms with van der Waals surface area (Å²) in [7, 11) is 0. The molecule has 0 bridgehead atoms. The van der Waals surface area contributed by atoms with E-state index in [1.165, 1.54) is 5.56 Å². The fourth-order valence-corrected chi connectivity index (χ4v) is 2.81. The second kappa shape index (κ2) is 9.22. The summed E-state index contributed by atoms with van der Waals surface area (Å²) in [5.74, 6) is 0.0739. The van der Waals surface area contributed by atoms with E-state index in [9.17, 15) is 9.59 Å². The summed E-state index contributed by atoms with van der Waals surface area (Å²) in [4.78, 5) is 23.6. The van der Waals surface area contributed by atoms with Gasteiger partial charge in [-0.05, 0) is 29.2 Å². The van der Waals surface area contributed by atoms with E-state index in [2.05, 4.69) is 33.5 Å². The van der Waals surface area contributed by atoms with Crippen molar-refractivity contribution in [3.63, 3.8) is 0 Å². The highest BCUT2D eigenvalue weighted by Crippen LogP contribution is 2.20. The van der Waals surface area contributed by atoms with Gasteiger partial charge in [0.05, 0.1) is 12.5 Å². The van der Waals surface area contributed by atoms with E-state index in [-0.39, 0.29) is 18.2 Å². The number of primary amides is 1. The van der Waals surface area contributed by atoms with E-state index >= 15 is 0 Å². The third-order valence-electron chi connectivity index (χ3n) is 3.95. The van der Waals surface area contributed by atoms with Gasteiger partial charge in [0.2, 0.25) is 5.91 Å². The molecule has 6 heteroatoms. The van der Waals surface area contributed by atoms with Crippen molar-refractivity contribution in [1.29, 1.82) is 0 Å². The van der Waals surface area contributed by atoms with Crippen LogP contribution in [0.2, 0.25) is 0 Å². The Morgan fingerprint density at radius 2 is 1.68 bits per heavy atom. The van der Waals surface area contributed by atoms with Crippen LogP contribution < -0.4 is 16.4 Å². The maximum Gasteiger partial charge on any atom is 0.312 e. The van der Waals surface area contributed by atoms with Gasteiger partial charge in [0.15, 0.2) is 0 Å². The molecule has 0 aliphatic rings. The van der Waals surface area contributed by atoms with Crippen LogP contribution in [0.25, 0.3) is 0 Å². The highest BCUT2D eigenvalue weighted by atomic mass is 79.9. The van der Waals surface area contributed by atoms with Crippen LogP contribution in [0.3, 0.4) is 0 Å². The van der Waals surface area contributed by atoms with Crippen LogP contribution in [0.4, 0.5) is 4.79 Å². The van der Waals surface area contributed by atoms with Crippen LogP contribution in [0.1, 0.15) is 36.4 Å². The number of carbonyl (C=O) groups excluding carboxylic acids is 2. The topological polar surface area (TPSA) is 84.2 Å². The van der Waals surface area contributed by atoms with E-state index in [0.717, 1.165) is 10.0 Å². The zero-order chi connectivity index (χ0) is 18.2. The van der Waals surface area contributed by atoms with Gasteiger partial charge in [0.1, 0.15) is 0 Å². The molecule has 0 saturated heterocycles. The number of nitrogens with one attached hydrogen (secondary N) is 2. The van der Waals surface area contributed by atoms with Crippen molar-refractivity contribution < 1.29 is 9.59 Å². The molecule has 25 heavy (non-hydrogen) atoms. The molecule has 0 radical (unpaired) electrons. The van der Waals surface area contributed by atoms with Crippen LogP contribution in [0.5, 0.6) is 0 Å². The summed E-state index contributed by atoms with van der Waals surface area (Å²) in [6.45, 7) is 2.59. The molecule has 2 atom stereocenters. The summed E-state index contributed by atoms with van der Waals surface area (Å²) < 4.78 is 0.926. The summed E-state index contributed by atoms with van der Waals surface area (Å²) >= 11 is 3.37. The number of hydrogen-bond acceptors (Lipinski definition) is 2. The second-order valence-corrected chi connectivity index (χ2v) is 6.85.